The molecule has 7 heteroatoms. The molecule has 0 atom stereocenters. The summed E-state index contributed by atoms with van der Waals surface area (Å²) in [5.74, 6) is 2.19. The number of rotatable bonds is 6. The monoisotopic (exact) mass is 330 g/mol. The summed E-state index contributed by atoms with van der Waals surface area (Å²) in [6.45, 7) is 1.20. The molecule has 0 aliphatic carbocycles. The zero-order valence-electron chi connectivity index (χ0n) is 13.0. The molecule has 3 rings (SSSR count). The van der Waals surface area contributed by atoms with E-state index in [1.165, 1.54) is 0 Å². The van der Waals surface area contributed by atoms with Crippen molar-refractivity contribution in [3.63, 3.8) is 0 Å². The van der Waals surface area contributed by atoms with Crippen LogP contribution in [0.25, 0.3) is 21.3 Å². The highest BCUT2D eigenvalue weighted by molar-refractivity contribution is 7.17. The Morgan fingerprint density at radius 1 is 1.17 bits per heavy atom. The molecule has 0 unspecified atom stereocenters. The van der Waals surface area contributed by atoms with Crippen LogP contribution in [0.15, 0.2) is 29.9 Å². The molecule has 3 aromatic rings. The first kappa shape index (κ1) is 15.5. The first-order valence-electron chi connectivity index (χ1n) is 7.17. The second-order valence-corrected chi connectivity index (χ2v) is 5.70. The van der Waals surface area contributed by atoms with Crippen LogP contribution in [0.1, 0.15) is 0 Å². The summed E-state index contributed by atoms with van der Waals surface area (Å²) >= 11 is 1.59. The van der Waals surface area contributed by atoms with Crippen molar-refractivity contribution < 1.29 is 9.47 Å². The highest BCUT2D eigenvalue weighted by Gasteiger charge is 2.14. The fourth-order valence-electron chi connectivity index (χ4n) is 2.42. The molecule has 0 amide bonds. The van der Waals surface area contributed by atoms with Gasteiger partial charge in [0.15, 0.2) is 11.5 Å². The second kappa shape index (κ2) is 6.80. The van der Waals surface area contributed by atoms with E-state index in [4.69, 9.17) is 15.2 Å². The van der Waals surface area contributed by atoms with Gasteiger partial charge in [-0.15, -0.1) is 11.3 Å². The number of fused-ring (bicyclic) bond motifs is 1. The van der Waals surface area contributed by atoms with E-state index in [-0.39, 0.29) is 0 Å². The largest absolute Gasteiger partial charge is 0.493 e. The number of benzene rings is 1. The number of nitrogens with zero attached hydrogens (tertiary/aromatic N) is 2. The number of aromatic nitrogens is 2. The summed E-state index contributed by atoms with van der Waals surface area (Å²) in [6.07, 6.45) is 1.57. The summed E-state index contributed by atoms with van der Waals surface area (Å²) in [4.78, 5) is 9.64. The van der Waals surface area contributed by atoms with Gasteiger partial charge >= 0.3 is 0 Å². The zero-order chi connectivity index (χ0) is 16.2. The molecule has 6 nitrogen and oxygen atoms in total. The molecule has 0 fully saturated rings. The molecule has 0 bridgehead atoms. The summed E-state index contributed by atoms with van der Waals surface area (Å²) in [6, 6.07) is 5.86. The molecular weight excluding hydrogens is 312 g/mol. The third kappa shape index (κ3) is 2.93. The normalized spacial score (nSPS) is 10.7. The van der Waals surface area contributed by atoms with Gasteiger partial charge in [-0.3, -0.25) is 0 Å². The van der Waals surface area contributed by atoms with Gasteiger partial charge in [-0.1, -0.05) is 6.07 Å². The van der Waals surface area contributed by atoms with Gasteiger partial charge in [0.1, 0.15) is 17.0 Å². The highest BCUT2D eigenvalue weighted by atomic mass is 32.1. The van der Waals surface area contributed by atoms with Crippen molar-refractivity contribution in [3.8, 4) is 22.6 Å². The highest BCUT2D eigenvalue weighted by Crippen LogP contribution is 2.39. The molecule has 0 radical (unpaired) electrons. The first-order valence-corrected chi connectivity index (χ1v) is 8.05. The summed E-state index contributed by atoms with van der Waals surface area (Å²) in [5.41, 5.74) is 7.67. The minimum Gasteiger partial charge on any atom is -0.493 e. The average molecular weight is 330 g/mol. The lowest BCUT2D eigenvalue weighted by Gasteiger charge is -2.10. The molecule has 3 N–H and O–H groups in total. The molecule has 1 aromatic carbocycles. The molecule has 2 heterocycles. The van der Waals surface area contributed by atoms with Crippen LogP contribution in [0.2, 0.25) is 0 Å². The Morgan fingerprint density at radius 2 is 2.00 bits per heavy atom. The van der Waals surface area contributed by atoms with Crippen LogP contribution in [-0.2, 0) is 0 Å². The third-order valence-corrected chi connectivity index (χ3v) is 4.39. The molecule has 2 aromatic heterocycles. The fourth-order valence-corrected chi connectivity index (χ4v) is 3.33. The minimum absolute atomic E-state index is 0.543. The Kier molecular flexibility index (Phi) is 4.59. The second-order valence-electron chi connectivity index (χ2n) is 4.84. The molecule has 0 saturated heterocycles. The van der Waals surface area contributed by atoms with Crippen molar-refractivity contribution >= 4 is 27.4 Å². The van der Waals surface area contributed by atoms with Crippen LogP contribution in [-0.4, -0.2) is 37.3 Å². The van der Waals surface area contributed by atoms with Crippen molar-refractivity contribution in [2.24, 2.45) is 5.73 Å². The smallest absolute Gasteiger partial charge is 0.161 e. The van der Waals surface area contributed by atoms with E-state index >= 15 is 0 Å². The molecule has 0 aliphatic rings. The number of hydrogen-bond acceptors (Lipinski definition) is 7. The maximum Gasteiger partial charge on any atom is 0.161 e. The number of nitrogens with two attached hydrogens (primary N) is 1. The van der Waals surface area contributed by atoms with Gasteiger partial charge in [-0.25, -0.2) is 9.97 Å². The van der Waals surface area contributed by atoms with Crippen molar-refractivity contribution in [2.45, 2.75) is 0 Å². The van der Waals surface area contributed by atoms with Crippen LogP contribution in [0.5, 0.6) is 11.5 Å². The molecule has 23 heavy (non-hydrogen) atoms. The number of methoxy groups -OCH3 is 2. The minimum atomic E-state index is 0.543. The van der Waals surface area contributed by atoms with E-state index in [1.807, 2.05) is 18.2 Å². The standard InChI is InChI=1S/C16H18N4O2S/c1-21-12-4-3-10(7-13(12)22-2)11-8-23-16-14(11)15(18-6-5-17)19-9-20-16/h3-4,7-9H,5-6,17H2,1-2H3,(H,18,19,20). The van der Waals surface area contributed by atoms with Crippen molar-refractivity contribution in [3.05, 3.63) is 29.9 Å². The van der Waals surface area contributed by atoms with E-state index < -0.39 is 0 Å². The number of ether oxygens (including phenoxy) is 2. The van der Waals surface area contributed by atoms with Crippen LogP contribution in [0.4, 0.5) is 5.82 Å². The van der Waals surface area contributed by atoms with Crippen molar-refractivity contribution in [1.29, 1.82) is 0 Å². The Hall–Kier alpha value is -2.38. The topological polar surface area (TPSA) is 82.3 Å². The fraction of sp³-hybridized carbons (Fsp3) is 0.250. The van der Waals surface area contributed by atoms with E-state index in [9.17, 15) is 0 Å². The van der Waals surface area contributed by atoms with Crippen molar-refractivity contribution in [2.75, 3.05) is 32.6 Å². The van der Waals surface area contributed by atoms with Gasteiger partial charge in [0.05, 0.1) is 19.6 Å². The maximum atomic E-state index is 5.58. The predicted octanol–water partition coefficient (Wildman–Crippen LogP) is 2.75. The number of nitrogens with one attached hydrogen (secondary N) is 1. The quantitative estimate of drug-likeness (QED) is 0.723. The zero-order valence-corrected chi connectivity index (χ0v) is 13.8. The molecule has 0 saturated carbocycles. The van der Waals surface area contributed by atoms with E-state index in [1.54, 1.807) is 31.9 Å². The lowest BCUT2D eigenvalue weighted by atomic mass is 10.1. The van der Waals surface area contributed by atoms with E-state index in [2.05, 4.69) is 20.7 Å². The lowest BCUT2D eigenvalue weighted by Crippen LogP contribution is -2.14. The first-order chi connectivity index (χ1) is 11.3. The van der Waals surface area contributed by atoms with E-state index in [0.29, 0.717) is 24.6 Å². The van der Waals surface area contributed by atoms with Gasteiger partial charge in [0.2, 0.25) is 0 Å². The SMILES string of the molecule is COc1ccc(-c2csc3ncnc(NCCN)c23)cc1OC. The summed E-state index contributed by atoms with van der Waals surface area (Å²) in [7, 11) is 3.25. The number of anilines is 1. The van der Waals surface area contributed by atoms with Gasteiger partial charge in [-0.05, 0) is 17.7 Å². The van der Waals surface area contributed by atoms with Gasteiger partial charge in [0, 0.05) is 24.0 Å². The van der Waals surface area contributed by atoms with Crippen LogP contribution >= 0.6 is 11.3 Å². The molecule has 0 aliphatic heterocycles. The van der Waals surface area contributed by atoms with E-state index in [0.717, 1.165) is 27.2 Å². The molecule has 0 spiro atoms. The summed E-state index contributed by atoms with van der Waals surface area (Å²) < 4.78 is 10.7. The van der Waals surface area contributed by atoms with Crippen LogP contribution in [0, 0.1) is 0 Å². The molecule has 120 valence electrons. The van der Waals surface area contributed by atoms with Gasteiger partial charge in [-0.2, -0.15) is 0 Å². The van der Waals surface area contributed by atoms with Gasteiger partial charge in [0.25, 0.3) is 0 Å². The maximum absolute atomic E-state index is 5.58. The average Bonchev–Trinajstić information content (AvgIpc) is 3.04. The Balaban J connectivity index is 2.13. The predicted molar refractivity (Wildman–Crippen MR) is 93.5 cm³/mol. The summed E-state index contributed by atoms with van der Waals surface area (Å²) in [5, 5.41) is 6.34. The van der Waals surface area contributed by atoms with Crippen LogP contribution < -0.4 is 20.5 Å². The van der Waals surface area contributed by atoms with Gasteiger partial charge < -0.3 is 20.5 Å². The van der Waals surface area contributed by atoms with Crippen LogP contribution in [0.3, 0.4) is 0 Å². The Labute approximate surface area is 138 Å². The lowest BCUT2D eigenvalue weighted by molar-refractivity contribution is 0.355. The Bertz CT molecular complexity index is 819. The third-order valence-electron chi connectivity index (χ3n) is 3.50. The molecular formula is C16H18N4O2S. The van der Waals surface area contributed by atoms with Crippen molar-refractivity contribution in [1.82, 2.24) is 9.97 Å². The Morgan fingerprint density at radius 3 is 2.74 bits per heavy atom. The number of thiophene rings is 1. The number of hydrogen-bond donors (Lipinski definition) is 2.